The number of halogens is 1. The molecule has 0 bridgehead atoms. The van der Waals surface area contributed by atoms with Gasteiger partial charge in [0.15, 0.2) is 11.0 Å². The van der Waals surface area contributed by atoms with Crippen molar-refractivity contribution in [1.82, 2.24) is 20.1 Å². The summed E-state index contributed by atoms with van der Waals surface area (Å²) in [4.78, 5) is 36.5. The van der Waals surface area contributed by atoms with Crippen LogP contribution in [0.25, 0.3) is 0 Å². The van der Waals surface area contributed by atoms with E-state index >= 15 is 0 Å². The molecule has 3 aromatic rings. The van der Waals surface area contributed by atoms with Crippen molar-refractivity contribution in [2.24, 2.45) is 7.05 Å². The van der Waals surface area contributed by atoms with Gasteiger partial charge in [-0.1, -0.05) is 23.4 Å². The normalized spacial score (nSPS) is 11.5. The third-order valence-electron chi connectivity index (χ3n) is 4.72. The van der Waals surface area contributed by atoms with Crippen molar-refractivity contribution >= 4 is 46.8 Å². The van der Waals surface area contributed by atoms with E-state index in [1.807, 2.05) is 0 Å². The maximum Gasteiger partial charge on any atom is 0.338 e. The molecule has 178 valence electrons. The van der Waals surface area contributed by atoms with Crippen molar-refractivity contribution in [2.45, 2.75) is 25.0 Å². The van der Waals surface area contributed by atoms with Crippen LogP contribution in [-0.2, 0) is 16.6 Å². The van der Waals surface area contributed by atoms with E-state index in [0.29, 0.717) is 39.4 Å². The Morgan fingerprint density at radius 3 is 2.35 bits per heavy atom. The predicted octanol–water partition coefficient (Wildman–Crippen LogP) is 3.87. The summed E-state index contributed by atoms with van der Waals surface area (Å²) in [6, 6.07) is 12.7. The number of amides is 2. The number of anilines is 1. The van der Waals surface area contributed by atoms with Crippen molar-refractivity contribution < 1.29 is 19.1 Å². The van der Waals surface area contributed by atoms with Crippen molar-refractivity contribution in [3.8, 4) is 0 Å². The fraction of sp³-hybridized carbons (Fsp3) is 0.261. The van der Waals surface area contributed by atoms with Crippen LogP contribution in [0.1, 0.15) is 46.4 Å². The Hall–Kier alpha value is -3.37. The number of nitrogens with zero attached hydrogens (tertiary/aromatic N) is 3. The first-order valence-electron chi connectivity index (χ1n) is 10.4. The van der Waals surface area contributed by atoms with E-state index in [9.17, 15) is 14.4 Å². The quantitative estimate of drug-likeness (QED) is 0.338. The van der Waals surface area contributed by atoms with E-state index < -0.39 is 12.0 Å². The highest BCUT2D eigenvalue weighted by molar-refractivity contribution is 7.99. The lowest BCUT2D eigenvalue weighted by Crippen LogP contribution is -2.28. The van der Waals surface area contributed by atoms with Crippen LogP contribution in [-0.4, -0.2) is 44.9 Å². The molecule has 0 aliphatic heterocycles. The summed E-state index contributed by atoms with van der Waals surface area (Å²) in [6.07, 6.45) is 0. The average molecular weight is 502 g/mol. The van der Waals surface area contributed by atoms with E-state index in [4.69, 9.17) is 16.3 Å². The van der Waals surface area contributed by atoms with Crippen LogP contribution in [0.15, 0.2) is 53.7 Å². The highest BCUT2D eigenvalue weighted by atomic mass is 35.5. The molecule has 2 N–H and O–H groups in total. The minimum Gasteiger partial charge on any atom is -0.462 e. The third kappa shape index (κ3) is 6.58. The number of aromatic nitrogens is 3. The predicted molar refractivity (Wildman–Crippen MR) is 130 cm³/mol. The fourth-order valence-electron chi connectivity index (χ4n) is 3.01. The molecular formula is C23H24ClN5O4S. The Morgan fingerprint density at radius 2 is 1.71 bits per heavy atom. The van der Waals surface area contributed by atoms with Crippen LogP contribution in [0.5, 0.6) is 0 Å². The Bertz CT molecular complexity index is 1170. The first-order valence-corrected chi connectivity index (χ1v) is 11.8. The lowest BCUT2D eigenvalue weighted by molar-refractivity contribution is -0.113. The number of benzene rings is 2. The molecule has 0 spiro atoms. The molecule has 1 aromatic heterocycles. The standard InChI is InChI=1S/C23H24ClN5O4S/c1-4-33-22(32)16-7-11-18(12-8-16)26-19(30)13-34-23-28-27-20(29(23)3)14(2)25-21(31)15-5-9-17(24)10-6-15/h5-12,14H,4,13H2,1-3H3,(H,25,31)(H,26,30)/t14-/m1/s1. The number of hydrogen-bond donors (Lipinski definition) is 2. The summed E-state index contributed by atoms with van der Waals surface area (Å²) in [5.74, 6) is -0.235. The van der Waals surface area contributed by atoms with E-state index in [2.05, 4.69) is 20.8 Å². The van der Waals surface area contributed by atoms with Crippen LogP contribution in [0, 0.1) is 0 Å². The first kappa shape index (κ1) is 25.3. The van der Waals surface area contributed by atoms with E-state index in [1.54, 1.807) is 74.0 Å². The molecule has 0 saturated carbocycles. The van der Waals surface area contributed by atoms with Crippen LogP contribution in [0.3, 0.4) is 0 Å². The van der Waals surface area contributed by atoms with E-state index in [0.717, 1.165) is 0 Å². The Balaban J connectivity index is 1.53. The van der Waals surface area contributed by atoms with Gasteiger partial charge in [-0.25, -0.2) is 4.79 Å². The number of thioether (sulfide) groups is 1. The Morgan fingerprint density at radius 1 is 1.06 bits per heavy atom. The summed E-state index contributed by atoms with van der Waals surface area (Å²) in [5, 5.41) is 15.0. The molecule has 2 amide bonds. The molecule has 0 unspecified atom stereocenters. The van der Waals surface area contributed by atoms with Gasteiger partial charge in [0.2, 0.25) is 5.91 Å². The lowest BCUT2D eigenvalue weighted by atomic mass is 10.2. The second-order valence-electron chi connectivity index (χ2n) is 7.24. The maximum absolute atomic E-state index is 12.4. The molecular weight excluding hydrogens is 478 g/mol. The van der Waals surface area contributed by atoms with Crippen molar-refractivity contribution in [3.05, 3.63) is 70.5 Å². The number of carbonyl (C=O) groups excluding carboxylic acids is 3. The molecule has 0 radical (unpaired) electrons. The van der Waals surface area contributed by atoms with E-state index in [-0.39, 0.29) is 17.6 Å². The molecule has 0 aliphatic carbocycles. The SMILES string of the molecule is CCOC(=O)c1ccc(NC(=O)CSc2nnc([C@@H](C)NC(=O)c3ccc(Cl)cc3)n2C)cc1. The molecule has 2 aromatic carbocycles. The second kappa shape index (κ2) is 11.7. The lowest BCUT2D eigenvalue weighted by Gasteiger charge is -2.13. The number of ether oxygens (including phenoxy) is 1. The zero-order valence-electron chi connectivity index (χ0n) is 18.9. The molecule has 34 heavy (non-hydrogen) atoms. The van der Waals surface area contributed by atoms with Crippen LogP contribution >= 0.6 is 23.4 Å². The second-order valence-corrected chi connectivity index (χ2v) is 8.62. The highest BCUT2D eigenvalue weighted by Crippen LogP contribution is 2.20. The smallest absolute Gasteiger partial charge is 0.338 e. The van der Waals surface area contributed by atoms with Crippen molar-refractivity contribution in [2.75, 3.05) is 17.7 Å². The van der Waals surface area contributed by atoms with Gasteiger partial charge in [0.25, 0.3) is 5.91 Å². The summed E-state index contributed by atoms with van der Waals surface area (Å²) >= 11 is 7.09. The number of esters is 1. The van der Waals surface area contributed by atoms with Gasteiger partial charge in [-0.05, 0) is 62.4 Å². The average Bonchev–Trinajstić information content (AvgIpc) is 3.19. The van der Waals surface area contributed by atoms with Gasteiger partial charge in [-0.3, -0.25) is 9.59 Å². The molecule has 11 heteroatoms. The number of carbonyl (C=O) groups is 3. The third-order valence-corrected chi connectivity index (χ3v) is 5.99. The van der Waals surface area contributed by atoms with Gasteiger partial charge >= 0.3 is 5.97 Å². The first-order chi connectivity index (χ1) is 16.3. The van der Waals surface area contributed by atoms with Gasteiger partial charge in [-0.15, -0.1) is 10.2 Å². The molecule has 9 nitrogen and oxygen atoms in total. The Labute approximate surface area is 206 Å². The monoisotopic (exact) mass is 501 g/mol. The summed E-state index contributed by atoms with van der Waals surface area (Å²) in [6.45, 7) is 3.84. The minimum atomic E-state index is -0.410. The van der Waals surface area contributed by atoms with Gasteiger partial charge in [0, 0.05) is 23.3 Å². The van der Waals surface area contributed by atoms with Gasteiger partial charge in [-0.2, -0.15) is 0 Å². The van der Waals surface area contributed by atoms with Crippen LogP contribution < -0.4 is 10.6 Å². The zero-order valence-corrected chi connectivity index (χ0v) is 20.4. The number of hydrogen-bond acceptors (Lipinski definition) is 7. The van der Waals surface area contributed by atoms with E-state index in [1.165, 1.54) is 11.8 Å². The molecule has 1 heterocycles. The highest BCUT2D eigenvalue weighted by Gasteiger charge is 2.19. The summed E-state index contributed by atoms with van der Waals surface area (Å²) in [7, 11) is 1.77. The minimum absolute atomic E-state index is 0.108. The number of rotatable bonds is 9. The molecule has 3 rings (SSSR count). The van der Waals surface area contributed by atoms with Gasteiger partial charge < -0.3 is 19.9 Å². The van der Waals surface area contributed by atoms with Crippen LogP contribution in [0.4, 0.5) is 5.69 Å². The van der Waals surface area contributed by atoms with Gasteiger partial charge in [0.05, 0.1) is 24.0 Å². The van der Waals surface area contributed by atoms with Gasteiger partial charge in [0.1, 0.15) is 0 Å². The molecule has 0 saturated heterocycles. The van der Waals surface area contributed by atoms with Crippen LogP contribution in [0.2, 0.25) is 5.02 Å². The molecule has 1 atom stereocenters. The molecule has 0 aliphatic rings. The summed E-state index contributed by atoms with van der Waals surface area (Å²) in [5.41, 5.74) is 1.47. The number of nitrogens with one attached hydrogen (secondary N) is 2. The topological polar surface area (TPSA) is 115 Å². The Kier molecular flexibility index (Phi) is 8.67. The molecule has 0 fully saturated rings. The van der Waals surface area contributed by atoms with Crippen molar-refractivity contribution in [3.63, 3.8) is 0 Å². The maximum atomic E-state index is 12.4. The van der Waals surface area contributed by atoms with Crippen molar-refractivity contribution in [1.29, 1.82) is 0 Å². The zero-order chi connectivity index (χ0) is 24.7. The largest absolute Gasteiger partial charge is 0.462 e. The summed E-state index contributed by atoms with van der Waals surface area (Å²) < 4.78 is 6.68. The fourth-order valence-corrected chi connectivity index (χ4v) is 3.85.